The highest BCUT2D eigenvalue weighted by Gasteiger charge is 2.11. The zero-order valence-electron chi connectivity index (χ0n) is 10.4. The van der Waals surface area contributed by atoms with Crippen molar-refractivity contribution in [2.24, 2.45) is 7.05 Å². The van der Waals surface area contributed by atoms with Crippen molar-refractivity contribution in [1.29, 1.82) is 0 Å². The third-order valence-electron chi connectivity index (χ3n) is 2.92. The van der Waals surface area contributed by atoms with Crippen LogP contribution in [0.25, 0.3) is 11.2 Å². The van der Waals surface area contributed by atoms with Gasteiger partial charge in [0.1, 0.15) is 12.0 Å². The van der Waals surface area contributed by atoms with Crippen LogP contribution in [0.2, 0.25) is 0 Å². The molecule has 2 heterocycles. The van der Waals surface area contributed by atoms with E-state index in [2.05, 4.69) is 9.97 Å². The molecule has 0 aliphatic heterocycles. The summed E-state index contributed by atoms with van der Waals surface area (Å²) in [7, 11) is 3.37. The fourth-order valence-electron chi connectivity index (χ4n) is 1.88. The Morgan fingerprint density at radius 1 is 1.44 bits per heavy atom. The molecule has 0 aliphatic rings. The molecular weight excluding hydrogens is 236 g/mol. The lowest BCUT2D eigenvalue weighted by atomic mass is 10.2. The van der Waals surface area contributed by atoms with Gasteiger partial charge >= 0.3 is 5.56 Å². The third-order valence-corrected chi connectivity index (χ3v) is 2.92. The van der Waals surface area contributed by atoms with Crippen LogP contribution in [-0.2, 0) is 18.3 Å². The van der Waals surface area contributed by atoms with Gasteiger partial charge in [-0.25, -0.2) is 4.98 Å². The monoisotopic (exact) mass is 252 g/mol. The van der Waals surface area contributed by atoms with Gasteiger partial charge in [0, 0.05) is 20.7 Å². The van der Waals surface area contributed by atoms with E-state index in [1.165, 1.54) is 6.33 Å². The fraction of sp³-hybridized carbons (Fsp3) is 0.545. The van der Waals surface area contributed by atoms with Gasteiger partial charge in [0.25, 0.3) is 0 Å². The molecule has 0 aromatic carbocycles. The van der Waals surface area contributed by atoms with Crippen LogP contribution in [0.5, 0.6) is 0 Å². The molecule has 0 saturated carbocycles. The summed E-state index contributed by atoms with van der Waals surface area (Å²) in [6.07, 6.45) is 3.52. The molecule has 1 N–H and O–H groups in total. The highest BCUT2D eigenvalue weighted by atomic mass is 16.5. The largest absolute Gasteiger partial charge is 0.394 e. The molecule has 7 heteroatoms. The van der Waals surface area contributed by atoms with Gasteiger partial charge in [0.15, 0.2) is 5.52 Å². The maximum atomic E-state index is 11.5. The molecule has 0 saturated heterocycles. The molecule has 2 aromatic heterocycles. The minimum absolute atomic E-state index is 0.0242. The molecule has 0 aliphatic carbocycles. The van der Waals surface area contributed by atoms with Crippen molar-refractivity contribution in [3.8, 4) is 0 Å². The summed E-state index contributed by atoms with van der Waals surface area (Å²) in [5.74, 6) is 0. The third kappa shape index (κ3) is 2.27. The first-order valence-electron chi connectivity index (χ1n) is 5.67. The van der Waals surface area contributed by atoms with Crippen molar-refractivity contribution in [3.63, 3.8) is 0 Å². The number of aliphatic hydroxyl groups is 1. The Morgan fingerprint density at radius 2 is 2.22 bits per heavy atom. The molecule has 0 amide bonds. The zero-order chi connectivity index (χ0) is 13.1. The van der Waals surface area contributed by atoms with Gasteiger partial charge in [-0.3, -0.25) is 4.79 Å². The van der Waals surface area contributed by atoms with Crippen LogP contribution < -0.4 is 5.56 Å². The number of aliphatic hydroxyl groups excluding tert-OH is 1. The molecule has 1 unspecified atom stereocenters. The topological polar surface area (TPSA) is 82.2 Å². The van der Waals surface area contributed by atoms with Gasteiger partial charge < -0.3 is 19.0 Å². The molecular formula is C11H16N4O3. The lowest BCUT2D eigenvalue weighted by molar-refractivity contribution is 0.0405. The standard InChI is InChI=1S/C11H16N4O3/c1-14-6-13-10(17)9-11(14)15(7-12-9)4-3-8(5-16)18-2/h6-8,16H,3-5H2,1-2H3. The normalized spacial score (nSPS) is 13.1. The number of ether oxygens (including phenoxy) is 1. The van der Waals surface area contributed by atoms with Gasteiger partial charge in [0.2, 0.25) is 0 Å². The molecule has 0 spiro atoms. The van der Waals surface area contributed by atoms with E-state index in [0.717, 1.165) is 5.65 Å². The number of rotatable bonds is 5. The highest BCUT2D eigenvalue weighted by molar-refractivity contribution is 5.69. The Bertz CT molecular complexity index is 585. The molecule has 0 bridgehead atoms. The number of hydrogen-bond acceptors (Lipinski definition) is 5. The number of methoxy groups -OCH3 is 1. The predicted octanol–water partition coefficient (Wildman–Crippen LogP) is -0.473. The molecule has 18 heavy (non-hydrogen) atoms. The second kappa shape index (κ2) is 5.28. The van der Waals surface area contributed by atoms with Crippen molar-refractivity contribution < 1.29 is 9.84 Å². The second-order valence-electron chi connectivity index (χ2n) is 4.10. The van der Waals surface area contributed by atoms with E-state index in [4.69, 9.17) is 9.84 Å². The number of fused-ring (bicyclic) bond motifs is 1. The predicted molar refractivity (Wildman–Crippen MR) is 65.3 cm³/mol. The first kappa shape index (κ1) is 12.7. The number of aromatic nitrogens is 4. The van der Waals surface area contributed by atoms with Crippen LogP contribution in [-0.4, -0.2) is 44.0 Å². The first-order chi connectivity index (χ1) is 8.67. The van der Waals surface area contributed by atoms with Crippen LogP contribution >= 0.6 is 0 Å². The van der Waals surface area contributed by atoms with Crippen LogP contribution in [0.4, 0.5) is 0 Å². The average Bonchev–Trinajstić information content (AvgIpc) is 2.80. The van der Waals surface area contributed by atoms with Gasteiger partial charge in [0.05, 0.1) is 19.0 Å². The first-order valence-corrected chi connectivity index (χ1v) is 5.67. The Balaban J connectivity index is 2.29. The van der Waals surface area contributed by atoms with E-state index in [1.807, 2.05) is 11.6 Å². The summed E-state index contributed by atoms with van der Waals surface area (Å²) in [5.41, 5.74) is 0.757. The van der Waals surface area contributed by atoms with E-state index in [9.17, 15) is 4.79 Å². The van der Waals surface area contributed by atoms with Gasteiger partial charge in [-0.2, -0.15) is 4.98 Å². The van der Waals surface area contributed by atoms with Crippen LogP contribution in [0.3, 0.4) is 0 Å². The van der Waals surface area contributed by atoms with E-state index in [1.54, 1.807) is 18.0 Å². The molecule has 1 atom stereocenters. The Hall–Kier alpha value is -1.73. The van der Waals surface area contributed by atoms with E-state index in [0.29, 0.717) is 18.5 Å². The minimum atomic E-state index is -0.327. The second-order valence-corrected chi connectivity index (χ2v) is 4.10. The molecule has 2 aromatic rings. The van der Waals surface area contributed by atoms with E-state index >= 15 is 0 Å². The van der Waals surface area contributed by atoms with Gasteiger partial charge in [-0.05, 0) is 6.42 Å². The van der Waals surface area contributed by atoms with Crippen molar-refractivity contribution in [2.45, 2.75) is 19.1 Å². The van der Waals surface area contributed by atoms with Gasteiger partial charge in [-0.1, -0.05) is 0 Å². The summed E-state index contributed by atoms with van der Waals surface area (Å²) in [4.78, 5) is 19.3. The van der Waals surface area contributed by atoms with Crippen LogP contribution in [0.15, 0.2) is 17.4 Å². The minimum Gasteiger partial charge on any atom is -0.394 e. The number of aryl methyl sites for hydroxylation is 2. The number of nitrogens with zero attached hydrogens (tertiary/aromatic N) is 4. The van der Waals surface area contributed by atoms with E-state index < -0.39 is 0 Å². The lowest BCUT2D eigenvalue weighted by Crippen LogP contribution is -2.19. The average molecular weight is 252 g/mol. The zero-order valence-corrected chi connectivity index (χ0v) is 10.4. The summed E-state index contributed by atoms with van der Waals surface area (Å²) in [5, 5.41) is 9.05. The van der Waals surface area contributed by atoms with Crippen LogP contribution in [0.1, 0.15) is 6.42 Å². The molecule has 0 fully saturated rings. The maximum Gasteiger partial charge on any atom is 0.300 e. The summed E-state index contributed by atoms with van der Waals surface area (Å²) in [6, 6.07) is 0. The number of imidazole rings is 1. The Labute approximate surface area is 104 Å². The van der Waals surface area contributed by atoms with Crippen molar-refractivity contribution in [2.75, 3.05) is 13.7 Å². The van der Waals surface area contributed by atoms with Crippen LogP contribution in [0, 0.1) is 0 Å². The molecule has 7 nitrogen and oxygen atoms in total. The Morgan fingerprint density at radius 3 is 2.89 bits per heavy atom. The summed E-state index contributed by atoms with van der Waals surface area (Å²) in [6.45, 7) is 0.594. The fourth-order valence-corrected chi connectivity index (χ4v) is 1.88. The lowest BCUT2D eigenvalue weighted by Gasteiger charge is -2.13. The SMILES string of the molecule is COC(CO)CCn1cnc2c(=O)ncn(C)c21. The quantitative estimate of drug-likeness (QED) is 0.777. The van der Waals surface area contributed by atoms with Crippen molar-refractivity contribution in [3.05, 3.63) is 23.0 Å². The van der Waals surface area contributed by atoms with Crippen molar-refractivity contribution >= 4 is 11.2 Å². The van der Waals surface area contributed by atoms with Gasteiger partial charge in [-0.15, -0.1) is 0 Å². The van der Waals surface area contributed by atoms with Crippen molar-refractivity contribution in [1.82, 2.24) is 19.1 Å². The number of hydrogen-bond donors (Lipinski definition) is 1. The molecule has 2 rings (SSSR count). The Kier molecular flexibility index (Phi) is 3.73. The van der Waals surface area contributed by atoms with E-state index in [-0.39, 0.29) is 18.3 Å². The smallest absolute Gasteiger partial charge is 0.300 e. The maximum absolute atomic E-state index is 11.5. The summed E-state index contributed by atoms with van der Waals surface area (Å²) < 4.78 is 8.71. The summed E-state index contributed by atoms with van der Waals surface area (Å²) >= 11 is 0. The highest BCUT2D eigenvalue weighted by Crippen LogP contribution is 2.09. The molecule has 0 radical (unpaired) electrons. The molecule has 98 valence electrons.